The highest BCUT2D eigenvalue weighted by molar-refractivity contribution is 6.67. The third kappa shape index (κ3) is 5.98. The third-order valence-electron chi connectivity index (χ3n) is 3.44. The Morgan fingerprint density at radius 1 is 1.36 bits per heavy atom. The minimum absolute atomic E-state index is 0.205. The van der Waals surface area contributed by atoms with Gasteiger partial charge in [-0.05, 0) is 31.6 Å². The SMILES string of the molecule is COC1=CC(=O)N(C(=O)CCCCC(Cl)(Cl)Cl)[C@H]1CC(C)C. The van der Waals surface area contributed by atoms with Gasteiger partial charge in [0.2, 0.25) is 5.91 Å². The number of ether oxygens (including phenoxy) is 1. The van der Waals surface area contributed by atoms with Crippen LogP contribution in [0.2, 0.25) is 0 Å². The highest BCUT2D eigenvalue weighted by Crippen LogP contribution is 2.32. The first-order valence-corrected chi connectivity index (χ1v) is 8.47. The number of methoxy groups -OCH3 is 1. The van der Waals surface area contributed by atoms with Gasteiger partial charge in [-0.25, -0.2) is 0 Å². The highest BCUT2D eigenvalue weighted by atomic mass is 35.6. The van der Waals surface area contributed by atoms with E-state index in [4.69, 9.17) is 39.5 Å². The van der Waals surface area contributed by atoms with E-state index >= 15 is 0 Å². The molecule has 0 aromatic heterocycles. The van der Waals surface area contributed by atoms with Gasteiger partial charge in [0.1, 0.15) is 5.76 Å². The Hall–Kier alpha value is -0.450. The van der Waals surface area contributed by atoms with E-state index < -0.39 is 3.79 Å². The molecule has 0 radical (unpaired) electrons. The van der Waals surface area contributed by atoms with Crippen molar-refractivity contribution in [2.75, 3.05) is 7.11 Å². The van der Waals surface area contributed by atoms with Crippen molar-refractivity contribution in [2.45, 2.75) is 55.8 Å². The lowest BCUT2D eigenvalue weighted by atomic mass is 10.0. The normalized spacial score (nSPS) is 18.9. The van der Waals surface area contributed by atoms with Crippen LogP contribution in [0.4, 0.5) is 0 Å². The van der Waals surface area contributed by atoms with E-state index in [0.717, 1.165) is 0 Å². The van der Waals surface area contributed by atoms with Crippen LogP contribution in [0.1, 0.15) is 46.0 Å². The number of carbonyl (C=O) groups excluding carboxylic acids is 2. The fourth-order valence-electron chi connectivity index (χ4n) is 2.45. The summed E-state index contributed by atoms with van der Waals surface area (Å²) < 4.78 is 3.95. The zero-order chi connectivity index (χ0) is 16.9. The van der Waals surface area contributed by atoms with Crippen molar-refractivity contribution >= 4 is 46.6 Å². The molecule has 1 aliphatic heterocycles. The zero-order valence-corrected chi connectivity index (χ0v) is 15.3. The first-order chi connectivity index (χ1) is 10.2. The third-order valence-corrected chi connectivity index (χ3v) is 4.01. The minimum Gasteiger partial charge on any atom is -0.499 e. The molecule has 1 rings (SSSR count). The summed E-state index contributed by atoms with van der Waals surface area (Å²) in [6, 6.07) is -0.307. The van der Waals surface area contributed by atoms with Gasteiger partial charge in [-0.3, -0.25) is 14.5 Å². The fourth-order valence-corrected chi connectivity index (χ4v) is 2.85. The number of imide groups is 1. The molecule has 0 saturated heterocycles. The summed E-state index contributed by atoms with van der Waals surface area (Å²) in [4.78, 5) is 25.7. The number of amides is 2. The molecule has 4 nitrogen and oxygen atoms in total. The van der Waals surface area contributed by atoms with Crippen LogP contribution in [-0.4, -0.2) is 33.7 Å². The number of nitrogens with zero attached hydrogens (tertiary/aromatic N) is 1. The van der Waals surface area contributed by atoms with Crippen molar-refractivity contribution in [1.29, 1.82) is 0 Å². The molecule has 1 atom stereocenters. The molecular formula is C15H22Cl3NO3. The number of alkyl halides is 3. The van der Waals surface area contributed by atoms with Crippen molar-refractivity contribution in [3.8, 4) is 0 Å². The van der Waals surface area contributed by atoms with Gasteiger partial charge >= 0.3 is 0 Å². The number of hydrogen-bond acceptors (Lipinski definition) is 3. The highest BCUT2D eigenvalue weighted by Gasteiger charge is 2.38. The molecule has 0 bridgehead atoms. The Morgan fingerprint density at radius 2 is 2.00 bits per heavy atom. The number of unbranched alkanes of at least 4 members (excludes halogenated alkanes) is 1. The molecule has 22 heavy (non-hydrogen) atoms. The van der Waals surface area contributed by atoms with Gasteiger partial charge in [-0.2, -0.15) is 0 Å². The molecule has 0 aliphatic carbocycles. The van der Waals surface area contributed by atoms with Crippen LogP contribution in [0, 0.1) is 5.92 Å². The summed E-state index contributed by atoms with van der Waals surface area (Å²) in [5.74, 6) is 0.375. The van der Waals surface area contributed by atoms with Crippen molar-refractivity contribution in [2.24, 2.45) is 5.92 Å². The fraction of sp³-hybridized carbons (Fsp3) is 0.733. The summed E-state index contributed by atoms with van der Waals surface area (Å²) in [6.45, 7) is 4.08. The Bertz CT molecular complexity index is 444. The Kier molecular flexibility index (Phi) is 7.50. The van der Waals surface area contributed by atoms with Crippen LogP contribution in [-0.2, 0) is 14.3 Å². The molecule has 0 unspecified atom stereocenters. The lowest BCUT2D eigenvalue weighted by Crippen LogP contribution is -2.41. The van der Waals surface area contributed by atoms with E-state index in [0.29, 0.717) is 37.4 Å². The van der Waals surface area contributed by atoms with Crippen LogP contribution < -0.4 is 0 Å². The Balaban J connectivity index is 2.60. The Labute approximate surface area is 146 Å². The average molecular weight is 371 g/mol. The first-order valence-electron chi connectivity index (χ1n) is 7.34. The quantitative estimate of drug-likeness (QED) is 0.497. The lowest BCUT2D eigenvalue weighted by Gasteiger charge is -2.26. The number of rotatable bonds is 7. The lowest BCUT2D eigenvalue weighted by molar-refractivity contribution is -0.143. The van der Waals surface area contributed by atoms with Crippen LogP contribution in [0.5, 0.6) is 0 Å². The molecule has 0 aromatic carbocycles. The van der Waals surface area contributed by atoms with E-state index in [1.54, 1.807) is 0 Å². The zero-order valence-electron chi connectivity index (χ0n) is 13.1. The molecule has 0 aromatic rings. The van der Waals surface area contributed by atoms with Gasteiger partial charge in [-0.1, -0.05) is 48.7 Å². The van der Waals surface area contributed by atoms with Gasteiger partial charge < -0.3 is 4.74 Å². The smallest absolute Gasteiger partial charge is 0.257 e. The second kappa shape index (κ2) is 8.42. The Morgan fingerprint density at radius 3 is 2.50 bits per heavy atom. The van der Waals surface area contributed by atoms with E-state index in [9.17, 15) is 9.59 Å². The topological polar surface area (TPSA) is 46.6 Å². The van der Waals surface area contributed by atoms with Gasteiger partial charge in [-0.15, -0.1) is 0 Å². The molecule has 0 fully saturated rings. The van der Waals surface area contributed by atoms with E-state index in [1.807, 2.05) is 13.8 Å². The summed E-state index contributed by atoms with van der Waals surface area (Å²) in [5, 5.41) is 0. The van der Waals surface area contributed by atoms with Crippen molar-refractivity contribution in [3.05, 3.63) is 11.8 Å². The van der Waals surface area contributed by atoms with Crippen LogP contribution in [0.3, 0.4) is 0 Å². The van der Waals surface area contributed by atoms with Crippen LogP contribution in [0.25, 0.3) is 0 Å². The molecule has 2 amide bonds. The summed E-state index contributed by atoms with van der Waals surface area (Å²) in [5.41, 5.74) is 0. The molecule has 0 N–H and O–H groups in total. The van der Waals surface area contributed by atoms with Gasteiger partial charge in [0.25, 0.3) is 5.91 Å². The van der Waals surface area contributed by atoms with Crippen LogP contribution in [0.15, 0.2) is 11.8 Å². The standard InChI is InChI=1S/C15H22Cl3NO3/c1-10(2)8-11-12(22-3)9-14(21)19(11)13(20)6-4-5-7-15(16,17)18/h9-11H,4-8H2,1-3H3/t11-/m0/s1. The molecule has 1 aliphatic rings. The maximum Gasteiger partial charge on any atom is 0.257 e. The monoisotopic (exact) mass is 369 g/mol. The van der Waals surface area contributed by atoms with Gasteiger partial charge in [0.05, 0.1) is 13.2 Å². The van der Waals surface area contributed by atoms with E-state index in [2.05, 4.69) is 0 Å². The van der Waals surface area contributed by atoms with Crippen LogP contribution >= 0.6 is 34.8 Å². The molecule has 7 heteroatoms. The number of carbonyl (C=O) groups is 2. The first kappa shape index (κ1) is 19.6. The second-order valence-corrected chi connectivity index (χ2v) is 8.34. The second-order valence-electron chi connectivity index (χ2n) is 5.82. The molecule has 0 saturated carbocycles. The average Bonchev–Trinajstić information content (AvgIpc) is 2.68. The van der Waals surface area contributed by atoms with Gasteiger partial charge in [0, 0.05) is 12.5 Å². The number of hydrogen-bond donors (Lipinski definition) is 0. The summed E-state index contributed by atoms with van der Waals surface area (Å²) in [6.07, 6.45) is 3.91. The van der Waals surface area contributed by atoms with E-state index in [-0.39, 0.29) is 24.3 Å². The predicted octanol–water partition coefficient (Wildman–Crippen LogP) is 4.23. The van der Waals surface area contributed by atoms with Gasteiger partial charge in [0.15, 0.2) is 3.79 Å². The summed E-state index contributed by atoms with van der Waals surface area (Å²) in [7, 11) is 1.52. The van der Waals surface area contributed by atoms with Crippen molar-refractivity contribution in [3.63, 3.8) is 0 Å². The largest absolute Gasteiger partial charge is 0.499 e. The maximum absolute atomic E-state index is 12.4. The van der Waals surface area contributed by atoms with E-state index in [1.165, 1.54) is 18.1 Å². The predicted molar refractivity (Wildman–Crippen MR) is 88.9 cm³/mol. The molecule has 1 heterocycles. The minimum atomic E-state index is -1.29. The van der Waals surface area contributed by atoms with Crippen molar-refractivity contribution in [1.82, 2.24) is 4.90 Å². The molecular weight excluding hydrogens is 349 g/mol. The van der Waals surface area contributed by atoms with Crippen molar-refractivity contribution < 1.29 is 14.3 Å². The maximum atomic E-state index is 12.4. The summed E-state index contributed by atoms with van der Waals surface area (Å²) >= 11 is 17.0. The molecule has 0 spiro atoms. The molecule has 126 valence electrons. The number of halogens is 3.